The second-order valence-electron chi connectivity index (χ2n) is 4.62. The van der Waals surface area contributed by atoms with Crippen molar-refractivity contribution in [1.29, 1.82) is 0 Å². The number of nitrogens with zero attached hydrogens (tertiary/aromatic N) is 4. The van der Waals surface area contributed by atoms with Gasteiger partial charge in [-0.3, -0.25) is 0 Å². The van der Waals surface area contributed by atoms with E-state index in [0.29, 0.717) is 11.0 Å². The summed E-state index contributed by atoms with van der Waals surface area (Å²) in [5.74, 6) is 1.35. The molecule has 21 heavy (non-hydrogen) atoms. The number of halogens is 1. The van der Waals surface area contributed by atoms with Crippen LogP contribution in [-0.4, -0.2) is 20.2 Å². The fraction of sp³-hybridized carbons (Fsp3) is 0.0714. The molecule has 0 bridgehead atoms. The summed E-state index contributed by atoms with van der Waals surface area (Å²) >= 11 is 5.93. The van der Waals surface area contributed by atoms with E-state index in [1.165, 1.54) is 0 Å². The lowest BCUT2D eigenvalue weighted by Crippen LogP contribution is -2.19. The molecule has 1 aliphatic heterocycles. The van der Waals surface area contributed by atoms with Crippen LogP contribution in [0.25, 0.3) is 5.70 Å². The van der Waals surface area contributed by atoms with Crippen molar-refractivity contribution in [3.8, 4) is 0 Å². The van der Waals surface area contributed by atoms with Gasteiger partial charge in [-0.25, -0.2) is 0 Å². The van der Waals surface area contributed by atoms with Crippen LogP contribution in [0.5, 0.6) is 0 Å². The maximum atomic E-state index is 5.93. The first-order valence-corrected chi connectivity index (χ1v) is 6.75. The van der Waals surface area contributed by atoms with E-state index in [0.717, 1.165) is 17.0 Å². The third-order valence-electron chi connectivity index (χ3n) is 3.32. The Bertz CT molecular complexity index is 791. The molecule has 2 aromatic heterocycles. The highest BCUT2D eigenvalue weighted by Crippen LogP contribution is 2.31. The molecule has 4 rings (SSSR count). The lowest BCUT2D eigenvalue weighted by Gasteiger charge is -2.21. The van der Waals surface area contributed by atoms with Gasteiger partial charge in [-0.15, -0.1) is 0 Å². The van der Waals surface area contributed by atoms with E-state index < -0.39 is 0 Å². The molecule has 3 aromatic rings. The van der Waals surface area contributed by atoms with Gasteiger partial charge in [0.05, 0.1) is 6.26 Å². The standard InChI is InChI=1S/C14H10ClN5O/c15-10-5-3-9(4-6-10)11-8-12(13-2-1-7-21-13)20-14(16-11)17-18-19-20/h1-8,12H,(H,16,17,19). The highest BCUT2D eigenvalue weighted by molar-refractivity contribution is 6.30. The maximum Gasteiger partial charge on any atom is 0.248 e. The summed E-state index contributed by atoms with van der Waals surface area (Å²) in [7, 11) is 0. The van der Waals surface area contributed by atoms with Crippen molar-refractivity contribution in [3.05, 3.63) is 65.1 Å². The molecular formula is C14H10ClN5O. The average molecular weight is 300 g/mol. The van der Waals surface area contributed by atoms with Crippen LogP contribution in [0.1, 0.15) is 17.4 Å². The van der Waals surface area contributed by atoms with Gasteiger partial charge in [0.15, 0.2) is 0 Å². The zero-order valence-electron chi connectivity index (χ0n) is 10.8. The largest absolute Gasteiger partial charge is 0.467 e. The number of furan rings is 1. The summed E-state index contributed by atoms with van der Waals surface area (Å²) in [5, 5.41) is 15.6. The van der Waals surface area contributed by atoms with Crippen molar-refractivity contribution in [2.45, 2.75) is 6.04 Å². The lowest BCUT2D eigenvalue weighted by molar-refractivity contribution is 0.443. The Labute approximate surface area is 125 Å². The number of rotatable bonds is 2. The van der Waals surface area contributed by atoms with E-state index in [-0.39, 0.29) is 6.04 Å². The molecule has 0 spiro atoms. The molecule has 6 nitrogen and oxygen atoms in total. The van der Waals surface area contributed by atoms with Crippen molar-refractivity contribution >= 4 is 23.2 Å². The predicted octanol–water partition coefficient (Wildman–Crippen LogP) is 2.98. The average Bonchev–Trinajstić information content (AvgIpc) is 3.18. The monoisotopic (exact) mass is 299 g/mol. The first-order chi connectivity index (χ1) is 10.3. The predicted molar refractivity (Wildman–Crippen MR) is 77.7 cm³/mol. The number of tetrazole rings is 1. The molecule has 0 fully saturated rings. The minimum atomic E-state index is -0.183. The van der Waals surface area contributed by atoms with Gasteiger partial charge in [-0.05, 0) is 46.3 Å². The normalized spacial score (nSPS) is 17.0. The van der Waals surface area contributed by atoms with Crippen LogP contribution in [-0.2, 0) is 0 Å². The fourth-order valence-corrected chi connectivity index (χ4v) is 2.44. The molecule has 7 heteroatoms. The third-order valence-corrected chi connectivity index (χ3v) is 3.57. The first kappa shape index (κ1) is 12.2. The molecular weight excluding hydrogens is 290 g/mol. The summed E-state index contributed by atoms with van der Waals surface area (Å²) < 4.78 is 7.17. The number of anilines is 1. The van der Waals surface area contributed by atoms with Gasteiger partial charge in [0.2, 0.25) is 5.95 Å². The van der Waals surface area contributed by atoms with E-state index >= 15 is 0 Å². The number of allylic oxidation sites excluding steroid dienone is 1. The van der Waals surface area contributed by atoms with E-state index in [4.69, 9.17) is 16.0 Å². The van der Waals surface area contributed by atoms with E-state index in [2.05, 4.69) is 20.8 Å². The smallest absolute Gasteiger partial charge is 0.248 e. The Morgan fingerprint density at radius 3 is 2.81 bits per heavy atom. The zero-order valence-corrected chi connectivity index (χ0v) is 11.5. The molecule has 1 unspecified atom stereocenters. The Hall–Kier alpha value is -2.60. The maximum absolute atomic E-state index is 5.93. The zero-order chi connectivity index (χ0) is 14.2. The molecule has 1 atom stereocenters. The van der Waals surface area contributed by atoms with Crippen molar-refractivity contribution < 1.29 is 4.42 Å². The molecule has 0 amide bonds. The molecule has 1 aliphatic rings. The first-order valence-electron chi connectivity index (χ1n) is 6.37. The summed E-state index contributed by atoms with van der Waals surface area (Å²) in [6.45, 7) is 0. The van der Waals surface area contributed by atoms with Crippen LogP contribution in [0, 0.1) is 0 Å². The Balaban J connectivity index is 1.80. The molecule has 1 N–H and O–H groups in total. The number of hydrogen-bond donors (Lipinski definition) is 1. The molecule has 0 saturated heterocycles. The summed E-state index contributed by atoms with van der Waals surface area (Å²) in [5.41, 5.74) is 1.92. The molecule has 3 heterocycles. The number of aromatic nitrogens is 4. The van der Waals surface area contributed by atoms with Crippen molar-refractivity contribution in [3.63, 3.8) is 0 Å². The number of nitrogens with one attached hydrogen (secondary N) is 1. The van der Waals surface area contributed by atoms with Crippen LogP contribution < -0.4 is 5.32 Å². The Kier molecular flexibility index (Phi) is 2.75. The molecule has 104 valence electrons. The van der Waals surface area contributed by atoms with E-state index in [1.807, 2.05) is 42.5 Å². The molecule has 1 aromatic carbocycles. The van der Waals surface area contributed by atoms with Gasteiger partial charge >= 0.3 is 0 Å². The van der Waals surface area contributed by atoms with Crippen molar-refractivity contribution in [2.75, 3.05) is 5.32 Å². The summed E-state index contributed by atoms with van der Waals surface area (Å²) in [4.78, 5) is 0. The van der Waals surface area contributed by atoms with Gasteiger partial charge < -0.3 is 9.73 Å². The molecule has 0 saturated carbocycles. The lowest BCUT2D eigenvalue weighted by atomic mass is 10.1. The highest BCUT2D eigenvalue weighted by atomic mass is 35.5. The van der Waals surface area contributed by atoms with Crippen LogP contribution in [0.4, 0.5) is 5.95 Å². The van der Waals surface area contributed by atoms with Crippen LogP contribution in [0.15, 0.2) is 53.2 Å². The van der Waals surface area contributed by atoms with Crippen molar-refractivity contribution in [1.82, 2.24) is 20.2 Å². The summed E-state index contributed by atoms with van der Waals surface area (Å²) in [6.07, 6.45) is 3.66. The molecule has 0 aliphatic carbocycles. The van der Waals surface area contributed by atoms with Gasteiger partial charge in [0, 0.05) is 10.7 Å². The highest BCUT2D eigenvalue weighted by Gasteiger charge is 2.25. The topological polar surface area (TPSA) is 68.8 Å². The Morgan fingerprint density at radius 2 is 2.05 bits per heavy atom. The molecule has 0 radical (unpaired) electrons. The number of hydrogen-bond acceptors (Lipinski definition) is 5. The van der Waals surface area contributed by atoms with Crippen molar-refractivity contribution in [2.24, 2.45) is 0 Å². The number of benzene rings is 1. The van der Waals surface area contributed by atoms with Crippen LogP contribution in [0.3, 0.4) is 0 Å². The van der Waals surface area contributed by atoms with Gasteiger partial charge in [-0.2, -0.15) is 4.68 Å². The van der Waals surface area contributed by atoms with Gasteiger partial charge in [0.1, 0.15) is 11.8 Å². The van der Waals surface area contributed by atoms with Gasteiger partial charge in [0.25, 0.3) is 0 Å². The minimum Gasteiger partial charge on any atom is -0.467 e. The summed E-state index contributed by atoms with van der Waals surface area (Å²) in [6, 6.07) is 11.1. The number of fused-ring (bicyclic) bond motifs is 1. The minimum absolute atomic E-state index is 0.183. The van der Waals surface area contributed by atoms with Crippen LogP contribution in [0.2, 0.25) is 5.02 Å². The second kappa shape index (κ2) is 4.75. The third kappa shape index (κ3) is 2.09. The van der Waals surface area contributed by atoms with Gasteiger partial charge in [-0.1, -0.05) is 28.8 Å². The van der Waals surface area contributed by atoms with Crippen LogP contribution >= 0.6 is 11.6 Å². The quantitative estimate of drug-likeness (QED) is 0.788. The SMILES string of the molecule is Clc1ccc(C2=CC(c3ccco3)n3nnnc3N2)cc1. The van der Waals surface area contributed by atoms with E-state index in [1.54, 1.807) is 10.9 Å². The van der Waals surface area contributed by atoms with E-state index in [9.17, 15) is 0 Å². The second-order valence-corrected chi connectivity index (χ2v) is 5.06. The Morgan fingerprint density at radius 1 is 1.19 bits per heavy atom. The fourth-order valence-electron chi connectivity index (χ4n) is 2.31.